The van der Waals surface area contributed by atoms with Crippen molar-refractivity contribution >= 4 is 0 Å². The molecule has 1 aromatic heterocycles. The molecule has 0 radical (unpaired) electrons. The lowest BCUT2D eigenvalue weighted by Crippen LogP contribution is -2.38. The summed E-state index contributed by atoms with van der Waals surface area (Å²) in [7, 11) is 0. The molecular formula is C12H15N3O2. The van der Waals surface area contributed by atoms with Crippen molar-refractivity contribution in [3.8, 4) is 11.8 Å². The lowest BCUT2D eigenvalue weighted by atomic mass is 10.3. The van der Waals surface area contributed by atoms with Gasteiger partial charge in [0.1, 0.15) is 24.1 Å². The van der Waals surface area contributed by atoms with Gasteiger partial charge in [0.25, 0.3) is 0 Å². The molecule has 17 heavy (non-hydrogen) atoms. The molecule has 5 nitrogen and oxygen atoms in total. The van der Waals surface area contributed by atoms with Crippen LogP contribution in [-0.4, -0.2) is 49.3 Å². The van der Waals surface area contributed by atoms with Crippen molar-refractivity contribution in [3.05, 3.63) is 24.0 Å². The third-order valence-corrected chi connectivity index (χ3v) is 2.63. The van der Waals surface area contributed by atoms with Gasteiger partial charge in [0.15, 0.2) is 0 Å². The van der Waals surface area contributed by atoms with E-state index in [-0.39, 0.29) is 0 Å². The van der Waals surface area contributed by atoms with Crippen molar-refractivity contribution < 1.29 is 9.47 Å². The Labute approximate surface area is 101 Å². The zero-order valence-corrected chi connectivity index (χ0v) is 9.63. The highest BCUT2D eigenvalue weighted by atomic mass is 16.5. The molecule has 0 aliphatic carbocycles. The topological polar surface area (TPSA) is 58.4 Å². The molecule has 2 heterocycles. The lowest BCUT2D eigenvalue weighted by molar-refractivity contribution is 0.0322. The lowest BCUT2D eigenvalue weighted by Gasteiger charge is -2.26. The third-order valence-electron chi connectivity index (χ3n) is 2.63. The summed E-state index contributed by atoms with van der Waals surface area (Å²) in [5.74, 6) is 0.699. The summed E-state index contributed by atoms with van der Waals surface area (Å²) in [6.07, 6.45) is 1.59. The minimum Gasteiger partial charge on any atom is -0.492 e. The zero-order chi connectivity index (χ0) is 11.9. The van der Waals surface area contributed by atoms with Crippen molar-refractivity contribution in [2.24, 2.45) is 0 Å². The van der Waals surface area contributed by atoms with E-state index in [0.717, 1.165) is 32.8 Å². The Morgan fingerprint density at radius 3 is 3.06 bits per heavy atom. The number of morpholine rings is 1. The van der Waals surface area contributed by atoms with E-state index in [1.807, 2.05) is 6.07 Å². The van der Waals surface area contributed by atoms with Crippen LogP contribution in [0.2, 0.25) is 0 Å². The molecule has 1 fully saturated rings. The number of hydrogen-bond acceptors (Lipinski definition) is 5. The van der Waals surface area contributed by atoms with Gasteiger partial charge in [-0.25, -0.2) is 4.98 Å². The first-order valence-electron chi connectivity index (χ1n) is 5.67. The average molecular weight is 233 g/mol. The summed E-state index contributed by atoms with van der Waals surface area (Å²) in [5.41, 5.74) is 0.383. The van der Waals surface area contributed by atoms with Gasteiger partial charge >= 0.3 is 0 Å². The Hall–Kier alpha value is -1.64. The van der Waals surface area contributed by atoms with Crippen LogP contribution in [0.1, 0.15) is 5.69 Å². The number of aromatic nitrogens is 1. The Bertz CT molecular complexity index is 397. The van der Waals surface area contributed by atoms with E-state index in [2.05, 4.69) is 9.88 Å². The van der Waals surface area contributed by atoms with Crippen molar-refractivity contribution in [3.63, 3.8) is 0 Å². The van der Waals surface area contributed by atoms with Crippen molar-refractivity contribution in [2.45, 2.75) is 0 Å². The number of hydrogen-bond donors (Lipinski definition) is 0. The SMILES string of the molecule is N#Cc1cc(OCCN2CCOCC2)ccn1. The highest BCUT2D eigenvalue weighted by Gasteiger charge is 2.09. The van der Waals surface area contributed by atoms with Crippen LogP contribution in [0.25, 0.3) is 0 Å². The fraction of sp³-hybridized carbons (Fsp3) is 0.500. The van der Waals surface area contributed by atoms with E-state index < -0.39 is 0 Å². The van der Waals surface area contributed by atoms with Crippen LogP contribution in [0.15, 0.2) is 18.3 Å². The van der Waals surface area contributed by atoms with Gasteiger partial charge in [-0.1, -0.05) is 0 Å². The van der Waals surface area contributed by atoms with Crippen LogP contribution in [0, 0.1) is 11.3 Å². The molecule has 0 spiro atoms. The minimum atomic E-state index is 0.383. The Morgan fingerprint density at radius 1 is 1.47 bits per heavy atom. The van der Waals surface area contributed by atoms with Crippen molar-refractivity contribution in [1.29, 1.82) is 5.26 Å². The first kappa shape index (κ1) is 11.8. The molecule has 0 atom stereocenters. The Balaban J connectivity index is 1.75. The van der Waals surface area contributed by atoms with Crippen molar-refractivity contribution in [2.75, 3.05) is 39.5 Å². The summed E-state index contributed by atoms with van der Waals surface area (Å²) < 4.78 is 10.8. The molecule has 1 aromatic rings. The molecule has 0 aromatic carbocycles. The second-order valence-electron chi connectivity index (χ2n) is 3.79. The van der Waals surface area contributed by atoms with Crippen molar-refractivity contribution in [1.82, 2.24) is 9.88 Å². The van der Waals surface area contributed by atoms with Gasteiger partial charge < -0.3 is 9.47 Å². The number of nitriles is 1. The van der Waals surface area contributed by atoms with E-state index in [1.165, 1.54) is 0 Å². The van der Waals surface area contributed by atoms with Gasteiger partial charge in [-0.2, -0.15) is 5.26 Å². The normalized spacial score (nSPS) is 16.4. The first-order chi connectivity index (χ1) is 8.38. The monoisotopic (exact) mass is 233 g/mol. The largest absolute Gasteiger partial charge is 0.492 e. The van der Waals surface area contributed by atoms with E-state index in [0.29, 0.717) is 18.1 Å². The quantitative estimate of drug-likeness (QED) is 0.764. The predicted octanol–water partition coefficient (Wildman–Crippen LogP) is 0.664. The van der Waals surface area contributed by atoms with E-state index in [1.54, 1.807) is 18.3 Å². The van der Waals surface area contributed by atoms with Crippen LogP contribution in [0.3, 0.4) is 0 Å². The smallest absolute Gasteiger partial charge is 0.144 e. The summed E-state index contributed by atoms with van der Waals surface area (Å²) in [6.45, 7) is 5.02. The van der Waals surface area contributed by atoms with E-state index in [4.69, 9.17) is 14.7 Å². The Morgan fingerprint density at radius 2 is 2.29 bits per heavy atom. The highest BCUT2D eigenvalue weighted by Crippen LogP contribution is 2.10. The van der Waals surface area contributed by atoms with Crippen LogP contribution in [-0.2, 0) is 4.74 Å². The Kier molecular flexibility index (Phi) is 4.30. The fourth-order valence-electron chi connectivity index (χ4n) is 1.68. The van der Waals surface area contributed by atoms with Gasteiger partial charge in [-0.15, -0.1) is 0 Å². The van der Waals surface area contributed by atoms with Gasteiger partial charge in [0.05, 0.1) is 13.2 Å². The molecule has 2 rings (SSSR count). The number of ether oxygens (including phenoxy) is 2. The van der Waals surface area contributed by atoms with Crippen LogP contribution < -0.4 is 4.74 Å². The van der Waals surface area contributed by atoms with E-state index >= 15 is 0 Å². The minimum absolute atomic E-state index is 0.383. The molecule has 1 aliphatic rings. The highest BCUT2D eigenvalue weighted by molar-refractivity contribution is 5.29. The predicted molar refractivity (Wildman–Crippen MR) is 61.7 cm³/mol. The standard InChI is InChI=1S/C12H15N3O2/c13-10-11-9-12(1-2-14-11)17-8-5-15-3-6-16-7-4-15/h1-2,9H,3-8H2. The number of rotatable bonds is 4. The molecule has 5 heteroatoms. The molecule has 0 unspecified atom stereocenters. The molecule has 0 amide bonds. The molecule has 90 valence electrons. The van der Waals surface area contributed by atoms with Crippen LogP contribution >= 0.6 is 0 Å². The van der Waals surface area contributed by atoms with Gasteiger partial charge in [-0.3, -0.25) is 4.90 Å². The van der Waals surface area contributed by atoms with E-state index in [9.17, 15) is 0 Å². The molecule has 1 aliphatic heterocycles. The zero-order valence-electron chi connectivity index (χ0n) is 9.63. The fourth-order valence-corrected chi connectivity index (χ4v) is 1.68. The van der Waals surface area contributed by atoms with Gasteiger partial charge in [0, 0.05) is 31.9 Å². The maximum absolute atomic E-state index is 8.70. The second kappa shape index (κ2) is 6.18. The maximum atomic E-state index is 8.70. The molecule has 0 N–H and O–H groups in total. The molecule has 1 saturated heterocycles. The molecule has 0 saturated carbocycles. The summed E-state index contributed by atoms with van der Waals surface area (Å²) in [5, 5.41) is 8.70. The van der Waals surface area contributed by atoms with Gasteiger partial charge in [-0.05, 0) is 6.07 Å². The molecule has 0 bridgehead atoms. The third kappa shape index (κ3) is 3.70. The summed E-state index contributed by atoms with van der Waals surface area (Å²) in [4.78, 5) is 6.19. The molecular weight excluding hydrogens is 218 g/mol. The second-order valence-corrected chi connectivity index (χ2v) is 3.79. The van der Waals surface area contributed by atoms with Gasteiger partial charge in [0.2, 0.25) is 0 Å². The number of pyridine rings is 1. The average Bonchev–Trinajstić information content (AvgIpc) is 2.40. The summed E-state index contributed by atoms with van der Waals surface area (Å²) in [6, 6.07) is 5.41. The summed E-state index contributed by atoms with van der Waals surface area (Å²) >= 11 is 0. The van der Waals surface area contributed by atoms with Crippen LogP contribution in [0.4, 0.5) is 0 Å². The maximum Gasteiger partial charge on any atom is 0.144 e. The number of nitrogens with zero attached hydrogens (tertiary/aromatic N) is 3. The van der Waals surface area contributed by atoms with Crippen LogP contribution in [0.5, 0.6) is 5.75 Å². The first-order valence-corrected chi connectivity index (χ1v) is 5.67.